The van der Waals surface area contributed by atoms with Gasteiger partial charge in [0.25, 0.3) is 5.56 Å². The second-order valence-corrected chi connectivity index (χ2v) is 4.03. The molecule has 0 radical (unpaired) electrons. The lowest BCUT2D eigenvalue weighted by atomic mass is 10.2. The zero-order valence-electron chi connectivity index (χ0n) is 10.3. The molecule has 20 heavy (non-hydrogen) atoms. The first kappa shape index (κ1) is 13.3. The zero-order valence-corrected chi connectivity index (χ0v) is 10.3. The van der Waals surface area contributed by atoms with Gasteiger partial charge in [-0.2, -0.15) is 5.26 Å². The average Bonchev–Trinajstić information content (AvgIpc) is 2.38. The first-order valence-electron chi connectivity index (χ1n) is 5.69. The molecule has 0 aliphatic heterocycles. The molecule has 0 saturated heterocycles. The van der Waals surface area contributed by atoms with Gasteiger partial charge in [-0.05, 0) is 24.3 Å². The van der Waals surface area contributed by atoms with Gasteiger partial charge in [-0.3, -0.25) is 14.6 Å². The fraction of sp³-hybridized carbons (Fsp3) is 0.0769. The number of aromatic nitrogens is 2. The number of H-pyrrole nitrogens is 2. The van der Waals surface area contributed by atoms with Crippen molar-refractivity contribution in [2.45, 2.75) is 6.42 Å². The van der Waals surface area contributed by atoms with Gasteiger partial charge in [0.1, 0.15) is 0 Å². The number of carbonyl (C=O) groups excluding carboxylic acids is 1. The summed E-state index contributed by atoms with van der Waals surface area (Å²) < 4.78 is 0. The Morgan fingerprint density at radius 1 is 1.20 bits per heavy atom. The summed E-state index contributed by atoms with van der Waals surface area (Å²) in [7, 11) is 0. The maximum Gasteiger partial charge on any atom is 0.325 e. The normalized spacial score (nSPS) is 9.75. The smallest absolute Gasteiger partial charge is 0.325 e. The number of hydrogen-bond donors (Lipinski definition) is 3. The predicted molar refractivity (Wildman–Crippen MR) is 71.2 cm³/mol. The third kappa shape index (κ3) is 3.43. The zero-order chi connectivity index (χ0) is 14.5. The minimum absolute atomic E-state index is 0.126. The van der Waals surface area contributed by atoms with E-state index in [2.05, 4.69) is 10.3 Å². The van der Waals surface area contributed by atoms with Crippen LogP contribution in [-0.4, -0.2) is 15.9 Å². The lowest BCUT2D eigenvalue weighted by Crippen LogP contribution is -2.25. The van der Waals surface area contributed by atoms with E-state index >= 15 is 0 Å². The van der Waals surface area contributed by atoms with Crippen molar-refractivity contribution in [3.63, 3.8) is 0 Å². The third-order valence-corrected chi connectivity index (χ3v) is 2.46. The quantitative estimate of drug-likeness (QED) is 0.733. The molecule has 0 aliphatic rings. The van der Waals surface area contributed by atoms with Gasteiger partial charge in [0.05, 0.1) is 18.1 Å². The lowest BCUT2D eigenvalue weighted by Gasteiger charge is -2.04. The van der Waals surface area contributed by atoms with E-state index in [1.165, 1.54) is 0 Å². The Labute approximate surface area is 112 Å². The maximum atomic E-state index is 11.7. The second-order valence-electron chi connectivity index (χ2n) is 4.03. The minimum Gasteiger partial charge on any atom is -0.326 e. The Morgan fingerprint density at radius 2 is 1.90 bits per heavy atom. The number of amides is 1. The first-order chi connectivity index (χ1) is 9.56. The average molecular weight is 270 g/mol. The maximum absolute atomic E-state index is 11.7. The molecular formula is C13H10N4O3. The number of rotatable bonds is 3. The van der Waals surface area contributed by atoms with Gasteiger partial charge < -0.3 is 10.3 Å². The molecule has 100 valence electrons. The molecule has 0 fully saturated rings. The van der Waals surface area contributed by atoms with Crippen LogP contribution in [0.1, 0.15) is 11.3 Å². The number of nitriles is 1. The fourth-order valence-electron chi connectivity index (χ4n) is 1.62. The number of nitrogens with one attached hydrogen (secondary N) is 3. The summed E-state index contributed by atoms with van der Waals surface area (Å²) in [6, 6.07) is 9.46. The van der Waals surface area contributed by atoms with E-state index in [-0.39, 0.29) is 18.0 Å². The van der Waals surface area contributed by atoms with Crippen LogP contribution in [0, 0.1) is 11.3 Å². The highest BCUT2D eigenvalue weighted by molar-refractivity contribution is 5.92. The van der Waals surface area contributed by atoms with Crippen molar-refractivity contribution in [2.24, 2.45) is 0 Å². The molecule has 2 aromatic rings. The molecule has 0 atom stereocenters. The Morgan fingerprint density at radius 3 is 2.50 bits per heavy atom. The van der Waals surface area contributed by atoms with Crippen LogP contribution in [0.3, 0.4) is 0 Å². The van der Waals surface area contributed by atoms with Crippen molar-refractivity contribution < 1.29 is 4.79 Å². The molecule has 1 aromatic heterocycles. The molecule has 0 spiro atoms. The van der Waals surface area contributed by atoms with Crippen molar-refractivity contribution in [1.82, 2.24) is 9.97 Å². The molecular weight excluding hydrogens is 260 g/mol. The number of aromatic amines is 2. The van der Waals surface area contributed by atoms with Gasteiger partial charge in [-0.15, -0.1) is 0 Å². The summed E-state index contributed by atoms with van der Waals surface area (Å²) in [5.74, 6) is -0.379. The third-order valence-electron chi connectivity index (χ3n) is 2.46. The summed E-state index contributed by atoms with van der Waals surface area (Å²) in [5.41, 5.74) is 0.0293. The van der Waals surface area contributed by atoms with E-state index in [9.17, 15) is 14.4 Å². The summed E-state index contributed by atoms with van der Waals surface area (Å²) in [4.78, 5) is 38.3. The predicted octanol–water partition coefficient (Wildman–Crippen LogP) is 0.116. The molecule has 7 nitrogen and oxygen atoms in total. The van der Waals surface area contributed by atoms with Crippen LogP contribution in [0.4, 0.5) is 5.69 Å². The second kappa shape index (κ2) is 5.67. The van der Waals surface area contributed by atoms with Crippen LogP contribution >= 0.6 is 0 Å². The number of hydrogen-bond acceptors (Lipinski definition) is 4. The molecule has 0 aliphatic carbocycles. The molecule has 0 saturated carbocycles. The number of anilines is 1. The van der Waals surface area contributed by atoms with E-state index in [4.69, 9.17) is 5.26 Å². The fourth-order valence-corrected chi connectivity index (χ4v) is 1.62. The Bertz CT molecular complexity index is 752. The van der Waals surface area contributed by atoms with Gasteiger partial charge in [0.15, 0.2) is 0 Å². The van der Waals surface area contributed by atoms with Gasteiger partial charge >= 0.3 is 5.69 Å². The molecule has 1 aromatic carbocycles. The summed E-state index contributed by atoms with van der Waals surface area (Å²) in [5, 5.41) is 11.3. The van der Waals surface area contributed by atoms with Gasteiger partial charge in [0, 0.05) is 17.4 Å². The molecule has 0 unspecified atom stereocenters. The van der Waals surface area contributed by atoms with E-state index in [1.807, 2.05) is 11.1 Å². The van der Waals surface area contributed by atoms with Crippen LogP contribution in [-0.2, 0) is 11.2 Å². The lowest BCUT2D eigenvalue weighted by molar-refractivity contribution is -0.115. The Hall–Kier alpha value is -3.14. The monoisotopic (exact) mass is 270 g/mol. The van der Waals surface area contributed by atoms with E-state index in [0.717, 1.165) is 6.07 Å². The van der Waals surface area contributed by atoms with Crippen LogP contribution in [0.25, 0.3) is 0 Å². The molecule has 7 heteroatoms. The van der Waals surface area contributed by atoms with Crippen LogP contribution in [0.5, 0.6) is 0 Å². The van der Waals surface area contributed by atoms with Crippen LogP contribution in [0.2, 0.25) is 0 Å². The van der Waals surface area contributed by atoms with Crippen molar-refractivity contribution in [3.8, 4) is 6.07 Å². The van der Waals surface area contributed by atoms with Crippen molar-refractivity contribution >= 4 is 11.6 Å². The summed E-state index contributed by atoms with van der Waals surface area (Å²) >= 11 is 0. The summed E-state index contributed by atoms with van der Waals surface area (Å²) in [6.45, 7) is 0. The highest BCUT2D eigenvalue weighted by Crippen LogP contribution is 2.09. The Kier molecular flexibility index (Phi) is 3.77. The molecule has 1 amide bonds. The van der Waals surface area contributed by atoms with Crippen molar-refractivity contribution in [2.75, 3.05) is 5.32 Å². The van der Waals surface area contributed by atoms with Crippen molar-refractivity contribution in [3.05, 3.63) is 62.4 Å². The first-order valence-corrected chi connectivity index (χ1v) is 5.69. The SMILES string of the molecule is N#Cc1ccc(NC(=O)Cc2cc(=O)[nH]c(=O)[nH]2)cc1. The number of nitrogens with zero attached hydrogens (tertiary/aromatic N) is 1. The number of carbonyl (C=O) groups is 1. The summed E-state index contributed by atoms with van der Waals surface area (Å²) in [6.07, 6.45) is -0.126. The largest absolute Gasteiger partial charge is 0.326 e. The molecule has 2 rings (SSSR count). The topological polar surface area (TPSA) is 119 Å². The van der Waals surface area contributed by atoms with Gasteiger partial charge in [0.2, 0.25) is 5.91 Å². The van der Waals surface area contributed by atoms with E-state index < -0.39 is 11.2 Å². The van der Waals surface area contributed by atoms with Gasteiger partial charge in [-0.25, -0.2) is 4.79 Å². The molecule has 0 bridgehead atoms. The van der Waals surface area contributed by atoms with Crippen LogP contribution < -0.4 is 16.6 Å². The van der Waals surface area contributed by atoms with Crippen molar-refractivity contribution in [1.29, 1.82) is 5.26 Å². The highest BCUT2D eigenvalue weighted by atomic mass is 16.2. The minimum atomic E-state index is -0.654. The number of benzene rings is 1. The van der Waals surface area contributed by atoms with E-state index in [0.29, 0.717) is 11.3 Å². The Balaban J connectivity index is 2.07. The van der Waals surface area contributed by atoms with E-state index in [1.54, 1.807) is 24.3 Å². The standard InChI is InChI=1S/C13H10N4O3/c14-7-8-1-3-9(4-2-8)15-11(18)5-10-6-12(19)17-13(20)16-10/h1-4,6H,5H2,(H,15,18)(H2,16,17,19,20). The molecule has 1 heterocycles. The van der Waals surface area contributed by atoms with Crippen LogP contribution in [0.15, 0.2) is 39.9 Å². The van der Waals surface area contributed by atoms with Gasteiger partial charge in [-0.1, -0.05) is 0 Å². The molecule has 3 N–H and O–H groups in total. The highest BCUT2D eigenvalue weighted by Gasteiger charge is 2.06.